The van der Waals surface area contributed by atoms with Crippen molar-refractivity contribution in [3.8, 4) is 0 Å². The lowest BCUT2D eigenvalue weighted by Crippen LogP contribution is -2.30. The Balaban J connectivity index is 1.88. The van der Waals surface area contributed by atoms with Crippen molar-refractivity contribution in [2.24, 2.45) is 5.11 Å². The van der Waals surface area contributed by atoms with Crippen molar-refractivity contribution in [2.75, 3.05) is 27.4 Å². The highest BCUT2D eigenvalue weighted by atomic mass is 31.2. The van der Waals surface area contributed by atoms with E-state index in [4.69, 9.17) is 33.5 Å². The van der Waals surface area contributed by atoms with E-state index in [0.29, 0.717) is 12.8 Å². The molecule has 0 amide bonds. The van der Waals surface area contributed by atoms with Crippen molar-refractivity contribution in [3.05, 3.63) is 10.4 Å². The van der Waals surface area contributed by atoms with Crippen LogP contribution in [0.15, 0.2) is 5.11 Å². The molecule has 7 atom stereocenters. The minimum absolute atomic E-state index is 0.106. The zero-order valence-electron chi connectivity index (χ0n) is 14.4. The average molecular weight is 381 g/mol. The van der Waals surface area contributed by atoms with Crippen LogP contribution in [0.25, 0.3) is 10.4 Å². The average Bonchev–Trinajstić information content (AvgIpc) is 3.09. The summed E-state index contributed by atoms with van der Waals surface area (Å²) in [6.45, 7) is 1.86. The molecule has 1 N–H and O–H groups in total. The van der Waals surface area contributed by atoms with E-state index in [0.717, 1.165) is 0 Å². The van der Waals surface area contributed by atoms with E-state index in [-0.39, 0.29) is 19.3 Å². The zero-order chi connectivity index (χ0) is 18.4. The van der Waals surface area contributed by atoms with Gasteiger partial charge in [0.2, 0.25) is 0 Å². The Labute approximate surface area is 145 Å². The number of azide groups is 1. The third-order valence-electron chi connectivity index (χ3n) is 4.05. The number of methoxy groups -OCH3 is 2. The molecule has 144 valence electrons. The highest BCUT2D eigenvalue weighted by Crippen LogP contribution is 2.47. The Kier molecular flexibility index (Phi) is 7.63. The van der Waals surface area contributed by atoms with Gasteiger partial charge in [0.05, 0.1) is 25.4 Å². The predicted molar refractivity (Wildman–Crippen MR) is 84.7 cm³/mol. The fourth-order valence-corrected chi connectivity index (χ4v) is 3.89. The quantitative estimate of drug-likeness (QED) is 0.275. The first-order chi connectivity index (χ1) is 11.9. The number of hydrogen-bond donors (Lipinski definition) is 1. The van der Waals surface area contributed by atoms with Crippen LogP contribution >= 0.6 is 7.82 Å². The fourth-order valence-electron chi connectivity index (χ4n) is 2.93. The van der Waals surface area contributed by atoms with Gasteiger partial charge in [0.15, 0.2) is 0 Å². The molecule has 2 fully saturated rings. The number of hydrogen-bond acceptors (Lipinski definition) is 8. The molecule has 2 heterocycles. The molecule has 0 aromatic carbocycles. The lowest BCUT2D eigenvalue weighted by molar-refractivity contribution is -0.0461. The molecule has 12 heteroatoms. The summed E-state index contributed by atoms with van der Waals surface area (Å²) >= 11 is 0. The minimum atomic E-state index is -4.33. The maximum absolute atomic E-state index is 12.2. The number of rotatable bonds is 9. The van der Waals surface area contributed by atoms with Gasteiger partial charge in [-0.3, -0.25) is 9.05 Å². The summed E-state index contributed by atoms with van der Waals surface area (Å²) in [6.07, 6.45) is -2.10. The molecule has 0 bridgehead atoms. The van der Waals surface area contributed by atoms with Crippen molar-refractivity contribution in [3.63, 3.8) is 0 Å². The summed E-state index contributed by atoms with van der Waals surface area (Å²) in [4.78, 5) is 12.7. The maximum Gasteiger partial charge on any atom is 0.472 e. The van der Waals surface area contributed by atoms with Crippen LogP contribution in [0.2, 0.25) is 0 Å². The van der Waals surface area contributed by atoms with Crippen LogP contribution in [-0.2, 0) is 32.6 Å². The van der Waals surface area contributed by atoms with Gasteiger partial charge in [0, 0.05) is 32.0 Å². The molecule has 2 aliphatic rings. The maximum atomic E-state index is 12.2. The first kappa shape index (κ1) is 20.6. The molecular weight excluding hydrogens is 357 g/mol. The van der Waals surface area contributed by atoms with Crippen molar-refractivity contribution in [1.82, 2.24) is 0 Å². The summed E-state index contributed by atoms with van der Waals surface area (Å²) < 4.78 is 43.8. The van der Waals surface area contributed by atoms with Crippen LogP contribution in [0, 0.1) is 0 Å². The van der Waals surface area contributed by atoms with E-state index >= 15 is 0 Å². The normalized spacial score (nSPS) is 37.6. The molecule has 7 unspecified atom stereocenters. The van der Waals surface area contributed by atoms with Crippen molar-refractivity contribution < 1.29 is 37.5 Å². The Morgan fingerprint density at radius 3 is 2.60 bits per heavy atom. The van der Waals surface area contributed by atoms with E-state index in [9.17, 15) is 9.46 Å². The Morgan fingerprint density at radius 1 is 1.24 bits per heavy atom. The molecule has 0 radical (unpaired) electrons. The Bertz CT molecular complexity index is 531. The van der Waals surface area contributed by atoms with Crippen LogP contribution < -0.4 is 0 Å². The first-order valence-corrected chi connectivity index (χ1v) is 9.40. The van der Waals surface area contributed by atoms with E-state index in [1.807, 2.05) is 6.92 Å². The molecular formula is C13H24N3O8P. The second kappa shape index (κ2) is 9.27. The molecule has 2 saturated heterocycles. The highest BCUT2D eigenvalue weighted by molar-refractivity contribution is 7.47. The van der Waals surface area contributed by atoms with Gasteiger partial charge in [-0.1, -0.05) is 5.11 Å². The molecule has 0 saturated carbocycles. The SMILES string of the molecule is COCC1OC(C)CC1OP(=O)(O)OCC1OC(N=[N+]=[N-])CC1OC. The molecule has 25 heavy (non-hydrogen) atoms. The predicted octanol–water partition coefficient (Wildman–Crippen LogP) is 1.75. The topological polar surface area (TPSA) is 141 Å². The van der Waals surface area contributed by atoms with Crippen LogP contribution in [0.3, 0.4) is 0 Å². The molecule has 2 rings (SSSR count). The monoisotopic (exact) mass is 381 g/mol. The zero-order valence-corrected chi connectivity index (χ0v) is 15.3. The van der Waals surface area contributed by atoms with E-state index < -0.39 is 38.5 Å². The molecule has 0 spiro atoms. The third kappa shape index (κ3) is 5.89. The second-order valence-corrected chi connectivity index (χ2v) is 7.33. The summed E-state index contributed by atoms with van der Waals surface area (Å²) in [5.74, 6) is 0. The van der Waals surface area contributed by atoms with Crippen LogP contribution in [0.1, 0.15) is 19.8 Å². The second-order valence-electron chi connectivity index (χ2n) is 5.93. The van der Waals surface area contributed by atoms with Crippen molar-refractivity contribution >= 4 is 7.82 Å². The summed E-state index contributed by atoms with van der Waals surface area (Å²) in [7, 11) is -1.34. The Hall–Kier alpha value is -0.740. The lowest BCUT2D eigenvalue weighted by Gasteiger charge is -2.23. The highest BCUT2D eigenvalue weighted by Gasteiger charge is 2.41. The summed E-state index contributed by atoms with van der Waals surface area (Å²) in [6, 6.07) is 0. The van der Waals surface area contributed by atoms with Gasteiger partial charge in [0.25, 0.3) is 0 Å². The molecule has 11 nitrogen and oxygen atoms in total. The number of nitrogens with zero attached hydrogens (tertiary/aromatic N) is 3. The van der Waals surface area contributed by atoms with E-state index in [2.05, 4.69) is 10.0 Å². The lowest BCUT2D eigenvalue weighted by atomic mass is 10.1. The number of phosphoric ester groups is 1. The van der Waals surface area contributed by atoms with Gasteiger partial charge < -0.3 is 23.8 Å². The van der Waals surface area contributed by atoms with E-state index in [1.165, 1.54) is 14.2 Å². The largest absolute Gasteiger partial charge is 0.472 e. The summed E-state index contributed by atoms with van der Waals surface area (Å²) in [5.41, 5.74) is 8.46. The smallest absolute Gasteiger partial charge is 0.382 e. The standard InChI is InChI=1S/C13H24N3O8P/c1-8-4-10(11(22-8)6-19-2)24-25(17,18)21-7-12-9(20-3)5-13(23-12)15-16-14/h8-13H,4-7H2,1-3H3,(H,17,18). The minimum Gasteiger partial charge on any atom is -0.382 e. The third-order valence-corrected chi connectivity index (χ3v) is 5.06. The number of ether oxygens (including phenoxy) is 4. The van der Waals surface area contributed by atoms with Crippen LogP contribution in [0.4, 0.5) is 0 Å². The van der Waals surface area contributed by atoms with Gasteiger partial charge in [-0.2, -0.15) is 0 Å². The van der Waals surface area contributed by atoms with Gasteiger partial charge in [-0.15, -0.1) is 0 Å². The van der Waals surface area contributed by atoms with Crippen molar-refractivity contribution in [2.45, 2.75) is 56.5 Å². The number of phosphoric acid groups is 1. The molecule has 0 aromatic rings. The van der Waals surface area contributed by atoms with Gasteiger partial charge in [-0.05, 0) is 12.5 Å². The van der Waals surface area contributed by atoms with Crippen LogP contribution in [0.5, 0.6) is 0 Å². The van der Waals surface area contributed by atoms with Crippen molar-refractivity contribution in [1.29, 1.82) is 0 Å². The first-order valence-electron chi connectivity index (χ1n) is 7.91. The van der Waals surface area contributed by atoms with Gasteiger partial charge >= 0.3 is 7.82 Å². The van der Waals surface area contributed by atoms with Gasteiger partial charge in [-0.25, -0.2) is 4.57 Å². The molecule has 0 aromatic heterocycles. The van der Waals surface area contributed by atoms with Gasteiger partial charge in [0.1, 0.15) is 24.5 Å². The van der Waals surface area contributed by atoms with E-state index in [1.54, 1.807) is 0 Å². The molecule has 2 aliphatic heterocycles. The Morgan fingerprint density at radius 2 is 1.96 bits per heavy atom. The van der Waals surface area contributed by atoms with Crippen LogP contribution in [-0.4, -0.2) is 69.1 Å². The fraction of sp³-hybridized carbons (Fsp3) is 1.00. The molecule has 0 aliphatic carbocycles. The summed E-state index contributed by atoms with van der Waals surface area (Å²) in [5, 5.41) is 3.47.